The molecule has 0 spiro atoms. The molecule has 1 fully saturated rings. The van der Waals surface area contributed by atoms with Crippen molar-refractivity contribution >= 4 is 10.9 Å². The van der Waals surface area contributed by atoms with Gasteiger partial charge in [0.2, 0.25) is 0 Å². The molecule has 3 unspecified atom stereocenters. The molecule has 4 nitrogen and oxygen atoms in total. The van der Waals surface area contributed by atoms with Gasteiger partial charge in [0, 0.05) is 17.5 Å². The first-order chi connectivity index (χ1) is 8.81. The van der Waals surface area contributed by atoms with Crippen molar-refractivity contribution in [3.05, 3.63) is 42.1 Å². The highest BCUT2D eigenvalue weighted by molar-refractivity contribution is 5.82. The second-order valence-corrected chi connectivity index (χ2v) is 4.78. The number of nitrogens with two attached hydrogens (primary N) is 1. The van der Waals surface area contributed by atoms with Gasteiger partial charge in [-0.1, -0.05) is 25.1 Å². The summed E-state index contributed by atoms with van der Waals surface area (Å²) in [5.41, 5.74) is 14.8. The first-order valence-electron chi connectivity index (χ1n) is 6.41. The lowest BCUT2D eigenvalue weighted by molar-refractivity contribution is 0.412. The fourth-order valence-electron chi connectivity index (χ4n) is 2.80. The normalized spacial score (nSPS) is 27.8. The van der Waals surface area contributed by atoms with E-state index in [4.69, 9.17) is 5.73 Å². The Morgan fingerprint density at radius 2 is 2.11 bits per heavy atom. The molecule has 0 radical (unpaired) electrons. The Hall–Kier alpha value is -1.49. The van der Waals surface area contributed by atoms with Crippen molar-refractivity contribution in [1.29, 1.82) is 0 Å². The molecule has 0 saturated carbocycles. The Morgan fingerprint density at radius 3 is 2.94 bits per heavy atom. The highest BCUT2D eigenvalue weighted by Gasteiger charge is 2.33. The van der Waals surface area contributed by atoms with Crippen LogP contribution >= 0.6 is 0 Å². The first-order valence-corrected chi connectivity index (χ1v) is 6.41. The molecule has 0 amide bonds. The highest BCUT2D eigenvalue weighted by atomic mass is 15.5. The van der Waals surface area contributed by atoms with Crippen LogP contribution in [0.1, 0.15) is 24.9 Å². The fraction of sp³-hybridized carbons (Fsp3) is 0.357. The minimum absolute atomic E-state index is 0.00641. The summed E-state index contributed by atoms with van der Waals surface area (Å²) in [4.78, 5) is 4.40. The SMILES string of the molecule is CCC1C(N)NNC1c1cccc2ncccc12. The largest absolute Gasteiger partial charge is 0.315 e. The van der Waals surface area contributed by atoms with Crippen molar-refractivity contribution in [2.45, 2.75) is 25.6 Å². The number of nitrogens with zero attached hydrogens (tertiary/aromatic N) is 1. The van der Waals surface area contributed by atoms with Gasteiger partial charge < -0.3 is 5.73 Å². The van der Waals surface area contributed by atoms with E-state index in [1.54, 1.807) is 0 Å². The maximum atomic E-state index is 6.07. The summed E-state index contributed by atoms with van der Waals surface area (Å²) in [5.74, 6) is 0.399. The van der Waals surface area contributed by atoms with E-state index in [9.17, 15) is 0 Å². The Bertz CT molecular complexity index is 549. The smallest absolute Gasteiger partial charge is 0.0726 e. The third-order valence-electron chi connectivity index (χ3n) is 3.78. The van der Waals surface area contributed by atoms with E-state index in [1.807, 2.05) is 18.3 Å². The molecule has 1 saturated heterocycles. The van der Waals surface area contributed by atoms with Crippen molar-refractivity contribution in [3.63, 3.8) is 0 Å². The zero-order valence-electron chi connectivity index (χ0n) is 10.4. The van der Waals surface area contributed by atoms with Crippen molar-refractivity contribution in [1.82, 2.24) is 15.8 Å². The Kier molecular flexibility index (Phi) is 2.99. The number of benzene rings is 1. The summed E-state index contributed by atoms with van der Waals surface area (Å²) in [7, 11) is 0. The molecule has 3 atom stereocenters. The molecule has 2 heterocycles. The van der Waals surface area contributed by atoms with Crippen LogP contribution in [0.2, 0.25) is 0 Å². The average molecular weight is 242 g/mol. The summed E-state index contributed by atoms with van der Waals surface area (Å²) in [6.45, 7) is 2.18. The van der Waals surface area contributed by atoms with Gasteiger partial charge in [-0.05, 0) is 24.1 Å². The number of aromatic nitrogens is 1. The van der Waals surface area contributed by atoms with E-state index in [1.165, 1.54) is 10.9 Å². The van der Waals surface area contributed by atoms with Crippen LogP contribution in [-0.2, 0) is 0 Å². The minimum atomic E-state index is 0.00641. The topological polar surface area (TPSA) is 63.0 Å². The first kappa shape index (κ1) is 11.6. The molecule has 2 aromatic rings. The molecule has 1 aliphatic rings. The van der Waals surface area contributed by atoms with Crippen LogP contribution in [0.15, 0.2) is 36.5 Å². The van der Waals surface area contributed by atoms with E-state index in [0.29, 0.717) is 5.92 Å². The lowest BCUT2D eigenvalue weighted by atomic mass is 9.89. The number of rotatable bonds is 2. The van der Waals surface area contributed by atoms with Crippen molar-refractivity contribution in [3.8, 4) is 0 Å². The standard InChI is InChI=1S/C14H18N4/c1-2-9-13(17-18-14(9)15)11-5-3-7-12-10(11)6-4-8-16-12/h3-9,13-14,17-18H,2,15H2,1H3. The van der Waals surface area contributed by atoms with Crippen LogP contribution in [0.25, 0.3) is 10.9 Å². The van der Waals surface area contributed by atoms with E-state index in [-0.39, 0.29) is 12.2 Å². The molecule has 1 aromatic carbocycles. The van der Waals surface area contributed by atoms with Crippen LogP contribution in [0.4, 0.5) is 0 Å². The van der Waals surface area contributed by atoms with Gasteiger partial charge in [-0.15, -0.1) is 0 Å². The molecule has 0 aliphatic carbocycles. The highest BCUT2D eigenvalue weighted by Crippen LogP contribution is 2.33. The lowest BCUT2D eigenvalue weighted by Crippen LogP contribution is -2.39. The van der Waals surface area contributed by atoms with Crippen molar-refractivity contribution in [2.75, 3.05) is 0 Å². The molecular weight excluding hydrogens is 224 g/mol. The van der Waals surface area contributed by atoms with Crippen molar-refractivity contribution in [2.24, 2.45) is 11.7 Å². The molecule has 4 heteroatoms. The van der Waals surface area contributed by atoms with Gasteiger partial charge in [-0.3, -0.25) is 4.98 Å². The average Bonchev–Trinajstić information content (AvgIpc) is 2.79. The Balaban J connectivity index is 2.09. The number of nitrogens with one attached hydrogen (secondary N) is 2. The van der Waals surface area contributed by atoms with Gasteiger partial charge >= 0.3 is 0 Å². The molecule has 18 heavy (non-hydrogen) atoms. The number of hydrogen-bond donors (Lipinski definition) is 3. The summed E-state index contributed by atoms with van der Waals surface area (Å²) in [6, 6.07) is 10.6. The summed E-state index contributed by atoms with van der Waals surface area (Å²) in [5, 5.41) is 1.20. The van der Waals surface area contributed by atoms with Gasteiger partial charge in [-0.25, -0.2) is 10.9 Å². The van der Waals surface area contributed by atoms with Gasteiger partial charge in [0.1, 0.15) is 0 Å². The third kappa shape index (κ3) is 1.79. The molecule has 94 valence electrons. The molecule has 1 aliphatic heterocycles. The zero-order chi connectivity index (χ0) is 12.5. The molecule has 1 aromatic heterocycles. The maximum absolute atomic E-state index is 6.07. The van der Waals surface area contributed by atoms with E-state index in [0.717, 1.165) is 11.9 Å². The number of hydrazine groups is 1. The molecular formula is C14H18N4. The molecule has 0 bridgehead atoms. The van der Waals surface area contributed by atoms with Gasteiger partial charge in [0.25, 0.3) is 0 Å². The summed E-state index contributed by atoms with van der Waals surface area (Å²) >= 11 is 0. The predicted molar refractivity (Wildman–Crippen MR) is 72.5 cm³/mol. The summed E-state index contributed by atoms with van der Waals surface area (Å²) in [6.07, 6.45) is 2.88. The van der Waals surface area contributed by atoms with Gasteiger partial charge in [0.15, 0.2) is 0 Å². The zero-order valence-corrected chi connectivity index (χ0v) is 10.4. The van der Waals surface area contributed by atoms with Crippen LogP contribution in [-0.4, -0.2) is 11.1 Å². The second kappa shape index (κ2) is 4.65. The number of pyridine rings is 1. The van der Waals surface area contributed by atoms with E-state index in [2.05, 4.69) is 41.0 Å². The number of hydrogen-bond acceptors (Lipinski definition) is 4. The van der Waals surface area contributed by atoms with Crippen LogP contribution in [0.5, 0.6) is 0 Å². The number of fused-ring (bicyclic) bond motifs is 1. The fourth-order valence-corrected chi connectivity index (χ4v) is 2.80. The predicted octanol–water partition coefficient (Wildman–Crippen LogP) is 1.69. The monoisotopic (exact) mass is 242 g/mol. The maximum Gasteiger partial charge on any atom is 0.0726 e. The molecule has 4 N–H and O–H groups in total. The van der Waals surface area contributed by atoms with Gasteiger partial charge in [0.05, 0.1) is 17.7 Å². The quantitative estimate of drug-likeness (QED) is 0.750. The second-order valence-electron chi connectivity index (χ2n) is 4.78. The minimum Gasteiger partial charge on any atom is -0.315 e. The van der Waals surface area contributed by atoms with Crippen LogP contribution in [0, 0.1) is 5.92 Å². The van der Waals surface area contributed by atoms with E-state index < -0.39 is 0 Å². The Morgan fingerprint density at radius 1 is 1.22 bits per heavy atom. The summed E-state index contributed by atoms with van der Waals surface area (Å²) < 4.78 is 0. The Labute approximate surface area is 107 Å². The lowest BCUT2D eigenvalue weighted by Gasteiger charge is -2.20. The van der Waals surface area contributed by atoms with Crippen LogP contribution in [0.3, 0.4) is 0 Å². The van der Waals surface area contributed by atoms with E-state index >= 15 is 0 Å². The van der Waals surface area contributed by atoms with Gasteiger partial charge in [-0.2, -0.15) is 0 Å². The third-order valence-corrected chi connectivity index (χ3v) is 3.78. The molecule has 3 rings (SSSR count). The van der Waals surface area contributed by atoms with Crippen LogP contribution < -0.4 is 16.6 Å². The van der Waals surface area contributed by atoms with Crippen molar-refractivity contribution < 1.29 is 0 Å².